The fourth-order valence-corrected chi connectivity index (χ4v) is 3.31. The lowest BCUT2D eigenvalue weighted by Gasteiger charge is -2.26. The molecule has 1 unspecified atom stereocenters. The highest BCUT2D eigenvalue weighted by Gasteiger charge is 2.36. The van der Waals surface area contributed by atoms with Gasteiger partial charge < -0.3 is 9.47 Å². The first-order chi connectivity index (χ1) is 16.4. The third-order valence-electron chi connectivity index (χ3n) is 4.85. The van der Waals surface area contributed by atoms with Crippen molar-refractivity contribution < 1.29 is 23.9 Å². The molecule has 0 fully saturated rings. The third kappa shape index (κ3) is 6.39. The third-order valence-corrected chi connectivity index (χ3v) is 5.07. The zero-order valence-electron chi connectivity index (χ0n) is 18.8. The van der Waals surface area contributed by atoms with Gasteiger partial charge >= 0.3 is 11.9 Å². The zero-order chi connectivity index (χ0) is 24.5. The summed E-state index contributed by atoms with van der Waals surface area (Å²) in [6.07, 6.45) is 1.92. The van der Waals surface area contributed by atoms with Crippen molar-refractivity contribution in [3.8, 4) is 0 Å². The smallest absolute Gasteiger partial charge is 0.347 e. The first-order valence-electron chi connectivity index (χ1n) is 10.7. The molecule has 176 valence electrons. The molecule has 2 heterocycles. The SMILES string of the molecule is CCOC(=O)[C@H](C)OC(=O)C(C(=O)N(Cc1ccc(Cl)nc1)c1ccccn1)c1ccccc1. The molecular weight excluding hydrogens is 458 g/mol. The summed E-state index contributed by atoms with van der Waals surface area (Å²) in [5.74, 6) is -3.12. The Hall–Kier alpha value is -3.78. The summed E-state index contributed by atoms with van der Waals surface area (Å²) in [5, 5.41) is 0.318. The Bertz CT molecular complexity index is 1110. The van der Waals surface area contributed by atoms with Gasteiger partial charge in [-0.15, -0.1) is 0 Å². The Balaban J connectivity index is 1.97. The average Bonchev–Trinajstić information content (AvgIpc) is 2.85. The van der Waals surface area contributed by atoms with Gasteiger partial charge in [-0.2, -0.15) is 0 Å². The van der Waals surface area contributed by atoms with Gasteiger partial charge in [0.2, 0.25) is 5.91 Å². The molecule has 0 saturated heterocycles. The van der Waals surface area contributed by atoms with E-state index in [0.29, 0.717) is 22.1 Å². The van der Waals surface area contributed by atoms with E-state index in [9.17, 15) is 14.4 Å². The van der Waals surface area contributed by atoms with Crippen molar-refractivity contribution in [2.75, 3.05) is 11.5 Å². The monoisotopic (exact) mass is 481 g/mol. The summed E-state index contributed by atoms with van der Waals surface area (Å²) in [6.45, 7) is 3.28. The lowest BCUT2D eigenvalue weighted by Crippen LogP contribution is -2.40. The second-order valence-electron chi connectivity index (χ2n) is 7.28. The van der Waals surface area contributed by atoms with Crippen molar-refractivity contribution in [1.82, 2.24) is 9.97 Å². The topological polar surface area (TPSA) is 98.7 Å². The van der Waals surface area contributed by atoms with Crippen LogP contribution in [0.15, 0.2) is 73.1 Å². The van der Waals surface area contributed by atoms with Crippen LogP contribution in [0.5, 0.6) is 0 Å². The number of benzene rings is 1. The van der Waals surface area contributed by atoms with E-state index in [4.69, 9.17) is 21.1 Å². The molecule has 0 aliphatic carbocycles. The van der Waals surface area contributed by atoms with Crippen LogP contribution in [-0.2, 0) is 30.4 Å². The van der Waals surface area contributed by atoms with Gasteiger partial charge in [0, 0.05) is 12.4 Å². The van der Waals surface area contributed by atoms with Crippen LogP contribution in [0.25, 0.3) is 0 Å². The number of hydrogen-bond acceptors (Lipinski definition) is 7. The van der Waals surface area contributed by atoms with Crippen molar-refractivity contribution >= 4 is 35.3 Å². The van der Waals surface area contributed by atoms with Gasteiger partial charge in [0.1, 0.15) is 11.0 Å². The summed E-state index contributed by atoms with van der Waals surface area (Å²) in [6, 6.07) is 17.0. The predicted molar refractivity (Wildman–Crippen MR) is 126 cm³/mol. The number of anilines is 1. The molecule has 1 amide bonds. The van der Waals surface area contributed by atoms with Crippen LogP contribution < -0.4 is 4.90 Å². The van der Waals surface area contributed by atoms with Crippen molar-refractivity contribution in [1.29, 1.82) is 0 Å². The lowest BCUT2D eigenvalue weighted by atomic mass is 9.97. The maximum absolute atomic E-state index is 13.9. The molecule has 2 aromatic heterocycles. The highest BCUT2D eigenvalue weighted by atomic mass is 35.5. The van der Waals surface area contributed by atoms with E-state index in [1.165, 1.54) is 11.8 Å². The molecule has 0 aliphatic rings. The zero-order valence-corrected chi connectivity index (χ0v) is 19.5. The molecule has 0 spiro atoms. The fraction of sp³-hybridized carbons (Fsp3) is 0.240. The number of ether oxygens (including phenoxy) is 2. The summed E-state index contributed by atoms with van der Waals surface area (Å²) in [7, 11) is 0. The summed E-state index contributed by atoms with van der Waals surface area (Å²) < 4.78 is 10.3. The van der Waals surface area contributed by atoms with Gasteiger partial charge in [-0.25, -0.2) is 14.8 Å². The van der Waals surface area contributed by atoms with Gasteiger partial charge in [-0.3, -0.25) is 14.5 Å². The first kappa shape index (κ1) is 24.9. The predicted octanol–water partition coefficient (Wildman–Crippen LogP) is 3.94. The van der Waals surface area contributed by atoms with Gasteiger partial charge in [0.15, 0.2) is 12.0 Å². The van der Waals surface area contributed by atoms with Gasteiger partial charge in [0.05, 0.1) is 13.2 Å². The molecular formula is C25H24ClN3O5. The van der Waals surface area contributed by atoms with Gasteiger partial charge in [0.25, 0.3) is 0 Å². The van der Waals surface area contributed by atoms with E-state index < -0.39 is 29.9 Å². The molecule has 0 saturated carbocycles. The van der Waals surface area contributed by atoms with Crippen molar-refractivity contribution in [3.05, 3.63) is 89.3 Å². The summed E-state index contributed by atoms with van der Waals surface area (Å²) >= 11 is 5.89. The van der Waals surface area contributed by atoms with E-state index in [-0.39, 0.29) is 13.2 Å². The standard InChI is InChI=1S/C25H24ClN3O5/c1-3-33-24(31)17(2)34-25(32)22(19-9-5-4-6-10-19)23(30)29(21-11-7-8-14-27-21)16-18-12-13-20(26)28-15-18/h4-15,17,22H,3,16H2,1-2H3/t17-,22?/m0/s1. The Kier molecular flexibility index (Phi) is 8.70. The van der Waals surface area contributed by atoms with Crippen LogP contribution in [0, 0.1) is 0 Å². The van der Waals surface area contributed by atoms with E-state index in [0.717, 1.165) is 0 Å². The van der Waals surface area contributed by atoms with Crippen LogP contribution in [0.1, 0.15) is 30.9 Å². The van der Waals surface area contributed by atoms with Crippen LogP contribution in [0.2, 0.25) is 5.15 Å². The Morgan fingerprint density at radius 2 is 1.71 bits per heavy atom. The number of carbonyl (C=O) groups excluding carboxylic acids is 3. The Morgan fingerprint density at radius 1 is 0.971 bits per heavy atom. The molecule has 8 nitrogen and oxygen atoms in total. The molecule has 3 aromatic rings. The van der Waals surface area contributed by atoms with Crippen LogP contribution >= 0.6 is 11.6 Å². The summed E-state index contributed by atoms with van der Waals surface area (Å²) in [5.41, 5.74) is 1.10. The normalized spacial score (nSPS) is 12.3. The van der Waals surface area contributed by atoms with Crippen molar-refractivity contribution in [2.24, 2.45) is 0 Å². The number of pyridine rings is 2. The second-order valence-corrected chi connectivity index (χ2v) is 7.66. The molecule has 1 aromatic carbocycles. The van der Waals surface area contributed by atoms with E-state index in [2.05, 4.69) is 9.97 Å². The molecule has 3 rings (SSSR count). The van der Waals surface area contributed by atoms with Gasteiger partial charge in [-0.05, 0) is 43.2 Å². The Labute approximate surface area is 202 Å². The summed E-state index contributed by atoms with van der Waals surface area (Å²) in [4.78, 5) is 48.8. The number of amides is 1. The quantitative estimate of drug-likeness (QED) is 0.259. The maximum Gasteiger partial charge on any atom is 0.347 e. The second kappa shape index (κ2) is 11.9. The highest BCUT2D eigenvalue weighted by Crippen LogP contribution is 2.25. The van der Waals surface area contributed by atoms with Crippen molar-refractivity contribution in [2.45, 2.75) is 32.4 Å². The molecule has 0 bridgehead atoms. The average molecular weight is 482 g/mol. The van der Waals surface area contributed by atoms with Crippen LogP contribution in [-0.4, -0.2) is 40.5 Å². The maximum atomic E-state index is 13.9. The lowest BCUT2D eigenvalue weighted by molar-refractivity contribution is -0.168. The molecule has 34 heavy (non-hydrogen) atoms. The Morgan fingerprint density at radius 3 is 2.32 bits per heavy atom. The number of aromatic nitrogens is 2. The first-order valence-corrected chi connectivity index (χ1v) is 11.0. The molecule has 9 heteroatoms. The number of carbonyl (C=O) groups is 3. The number of hydrogen-bond donors (Lipinski definition) is 0. The molecule has 0 aliphatic heterocycles. The van der Waals surface area contributed by atoms with Gasteiger partial charge in [-0.1, -0.05) is 54.1 Å². The molecule has 2 atom stereocenters. The minimum absolute atomic E-state index is 0.0874. The largest absolute Gasteiger partial charge is 0.463 e. The molecule has 0 radical (unpaired) electrons. The van der Waals surface area contributed by atoms with Crippen molar-refractivity contribution in [3.63, 3.8) is 0 Å². The van der Waals surface area contributed by atoms with E-state index in [1.54, 1.807) is 80.0 Å². The number of rotatable bonds is 9. The minimum Gasteiger partial charge on any atom is -0.463 e. The van der Waals surface area contributed by atoms with E-state index in [1.807, 2.05) is 0 Å². The number of nitrogens with zero attached hydrogens (tertiary/aromatic N) is 3. The minimum atomic E-state index is -1.33. The number of halogens is 1. The van der Waals surface area contributed by atoms with Crippen LogP contribution in [0.4, 0.5) is 5.82 Å². The molecule has 0 N–H and O–H groups in total. The van der Waals surface area contributed by atoms with Crippen LogP contribution in [0.3, 0.4) is 0 Å². The highest BCUT2D eigenvalue weighted by molar-refractivity contribution is 6.29. The number of esters is 2. The van der Waals surface area contributed by atoms with E-state index >= 15 is 0 Å². The fourth-order valence-electron chi connectivity index (χ4n) is 3.20.